The molecule has 0 aromatic carbocycles. The number of rotatable bonds is 4. The van der Waals surface area contributed by atoms with E-state index in [2.05, 4.69) is 17.2 Å². The van der Waals surface area contributed by atoms with Gasteiger partial charge in [-0.15, -0.1) is 24.0 Å². The Morgan fingerprint density at radius 2 is 2.23 bits per heavy atom. The van der Waals surface area contributed by atoms with E-state index in [4.69, 9.17) is 15.5 Å². The van der Waals surface area contributed by atoms with Gasteiger partial charge in [-0.05, 0) is 38.3 Å². The van der Waals surface area contributed by atoms with Crippen LogP contribution in [0.3, 0.4) is 0 Å². The Hall–Kier alpha value is -0.890. The number of ether oxygens (including phenoxy) is 1. The van der Waals surface area contributed by atoms with Crippen LogP contribution in [0.4, 0.5) is 5.82 Å². The maximum Gasteiger partial charge on any atom is 0.194 e. The zero-order chi connectivity index (χ0) is 14.7. The summed E-state index contributed by atoms with van der Waals surface area (Å²) < 4.78 is 5.90. The number of nitrogens with zero attached hydrogens (tertiary/aromatic N) is 2. The van der Waals surface area contributed by atoms with E-state index in [1.54, 1.807) is 6.20 Å². The Balaban J connectivity index is 0.00000176. The van der Waals surface area contributed by atoms with Gasteiger partial charge in [-0.2, -0.15) is 0 Å². The molecule has 2 saturated carbocycles. The SMILES string of the molecule is CCOC1CC(N=C(N)Nc2ccccn2)C12CCCC2.I. The highest BCUT2D eigenvalue weighted by molar-refractivity contribution is 14.0. The number of aliphatic imine (C=N–C) groups is 1. The van der Waals surface area contributed by atoms with Crippen molar-refractivity contribution in [2.45, 2.75) is 51.2 Å². The van der Waals surface area contributed by atoms with E-state index in [-0.39, 0.29) is 35.4 Å². The topological polar surface area (TPSA) is 72.5 Å². The van der Waals surface area contributed by atoms with E-state index < -0.39 is 0 Å². The van der Waals surface area contributed by atoms with Crippen molar-refractivity contribution in [3.8, 4) is 0 Å². The average molecular weight is 416 g/mol. The Bertz CT molecular complexity index is 502. The van der Waals surface area contributed by atoms with Crippen molar-refractivity contribution in [3.05, 3.63) is 24.4 Å². The lowest BCUT2D eigenvalue weighted by molar-refractivity contribution is -0.119. The number of hydrogen-bond donors (Lipinski definition) is 2. The summed E-state index contributed by atoms with van der Waals surface area (Å²) in [5.74, 6) is 1.19. The molecule has 0 aliphatic heterocycles. The van der Waals surface area contributed by atoms with Gasteiger partial charge >= 0.3 is 0 Å². The van der Waals surface area contributed by atoms with Crippen LogP contribution in [0, 0.1) is 5.41 Å². The smallest absolute Gasteiger partial charge is 0.194 e. The fourth-order valence-electron chi connectivity index (χ4n) is 3.80. The van der Waals surface area contributed by atoms with Gasteiger partial charge < -0.3 is 15.8 Å². The van der Waals surface area contributed by atoms with Gasteiger partial charge in [-0.1, -0.05) is 18.9 Å². The molecule has 0 amide bonds. The molecule has 1 spiro atoms. The predicted molar refractivity (Wildman–Crippen MR) is 99.6 cm³/mol. The van der Waals surface area contributed by atoms with Crippen LogP contribution in [0.1, 0.15) is 39.0 Å². The average Bonchev–Trinajstić information content (AvgIpc) is 3.00. The van der Waals surface area contributed by atoms with E-state index >= 15 is 0 Å². The third-order valence-electron chi connectivity index (χ3n) is 4.86. The molecule has 2 aliphatic carbocycles. The summed E-state index contributed by atoms with van der Waals surface area (Å²) in [6.45, 7) is 2.85. The van der Waals surface area contributed by atoms with Crippen molar-refractivity contribution in [1.82, 2.24) is 4.98 Å². The second-order valence-corrected chi connectivity index (χ2v) is 5.99. The van der Waals surface area contributed by atoms with Crippen molar-refractivity contribution in [2.75, 3.05) is 11.9 Å². The minimum atomic E-state index is 0. The minimum Gasteiger partial charge on any atom is -0.378 e. The number of nitrogens with one attached hydrogen (secondary N) is 1. The summed E-state index contributed by atoms with van der Waals surface area (Å²) in [6.07, 6.45) is 8.07. The fourth-order valence-corrected chi connectivity index (χ4v) is 3.80. The van der Waals surface area contributed by atoms with Crippen molar-refractivity contribution in [2.24, 2.45) is 16.1 Å². The summed E-state index contributed by atoms with van der Waals surface area (Å²) in [5.41, 5.74) is 6.27. The molecular formula is C16H25IN4O. The van der Waals surface area contributed by atoms with Gasteiger partial charge in [-0.25, -0.2) is 9.98 Å². The predicted octanol–water partition coefficient (Wildman–Crippen LogP) is 3.16. The van der Waals surface area contributed by atoms with Gasteiger partial charge in [0.05, 0.1) is 12.1 Å². The van der Waals surface area contributed by atoms with Crippen molar-refractivity contribution in [3.63, 3.8) is 0 Å². The monoisotopic (exact) mass is 416 g/mol. The van der Waals surface area contributed by atoms with Crippen LogP contribution in [0.25, 0.3) is 0 Å². The zero-order valence-electron chi connectivity index (χ0n) is 13.0. The van der Waals surface area contributed by atoms with E-state index in [1.807, 2.05) is 18.2 Å². The Labute approximate surface area is 149 Å². The second kappa shape index (κ2) is 7.59. The van der Waals surface area contributed by atoms with Crippen molar-refractivity contribution >= 4 is 35.8 Å². The summed E-state index contributed by atoms with van der Waals surface area (Å²) in [7, 11) is 0. The number of aromatic nitrogens is 1. The van der Waals surface area contributed by atoms with Crippen LogP contribution in [0.2, 0.25) is 0 Å². The molecule has 1 heterocycles. The first-order valence-corrected chi connectivity index (χ1v) is 7.87. The maximum absolute atomic E-state index is 6.04. The second-order valence-electron chi connectivity index (χ2n) is 5.99. The van der Waals surface area contributed by atoms with Gasteiger partial charge in [0.2, 0.25) is 0 Å². The van der Waals surface area contributed by atoms with Crippen LogP contribution < -0.4 is 11.1 Å². The lowest BCUT2D eigenvalue weighted by Crippen LogP contribution is -2.56. The normalized spacial score (nSPS) is 26.3. The first-order chi connectivity index (χ1) is 10.2. The molecule has 5 nitrogen and oxygen atoms in total. The van der Waals surface area contributed by atoms with Crippen molar-refractivity contribution in [1.29, 1.82) is 0 Å². The minimum absolute atomic E-state index is 0. The molecule has 2 unspecified atom stereocenters. The first kappa shape index (κ1) is 17.5. The van der Waals surface area contributed by atoms with Gasteiger partial charge in [0, 0.05) is 18.2 Å². The Morgan fingerprint density at radius 3 is 2.86 bits per heavy atom. The summed E-state index contributed by atoms with van der Waals surface area (Å²) in [6, 6.07) is 5.98. The Morgan fingerprint density at radius 1 is 1.45 bits per heavy atom. The molecule has 0 radical (unpaired) electrons. The van der Waals surface area contributed by atoms with Crippen LogP contribution >= 0.6 is 24.0 Å². The standard InChI is InChI=1S/C16H24N4O.HI/c1-2-21-13-11-12(16(13)8-4-5-9-16)19-15(17)20-14-7-3-6-10-18-14;/h3,6-7,10,12-13H,2,4-5,8-9,11H2,1H3,(H3,17,18,19,20);1H. The number of nitrogens with two attached hydrogens (primary N) is 1. The molecule has 3 N–H and O–H groups in total. The molecule has 6 heteroatoms. The van der Waals surface area contributed by atoms with Gasteiger partial charge in [0.25, 0.3) is 0 Å². The first-order valence-electron chi connectivity index (χ1n) is 7.87. The maximum atomic E-state index is 6.04. The molecule has 1 aromatic rings. The lowest BCUT2D eigenvalue weighted by atomic mass is 9.61. The van der Waals surface area contributed by atoms with Gasteiger partial charge in [0.15, 0.2) is 5.96 Å². The summed E-state index contributed by atoms with van der Waals surface area (Å²) in [4.78, 5) is 8.92. The number of hydrogen-bond acceptors (Lipinski definition) is 3. The van der Waals surface area contributed by atoms with E-state index in [9.17, 15) is 0 Å². The Kier molecular flexibility index (Phi) is 6.02. The molecule has 0 saturated heterocycles. The molecular weight excluding hydrogens is 391 g/mol. The fraction of sp³-hybridized carbons (Fsp3) is 0.625. The molecule has 1 aromatic heterocycles. The molecule has 122 valence electrons. The highest BCUT2D eigenvalue weighted by Gasteiger charge is 2.56. The van der Waals surface area contributed by atoms with Crippen molar-refractivity contribution < 1.29 is 4.74 Å². The van der Waals surface area contributed by atoms with Crippen LogP contribution in [0.15, 0.2) is 29.4 Å². The quantitative estimate of drug-likeness (QED) is 0.450. The molecule has 2 atom stereocenters. The van der Waals surface area contributed by atoms with E-state index in [1.165, 1.54) is 25.7 Å². The van der Waals surface area contributed by atoms with Crippen LogP contribution in [-0.4, -0.2) is 29.7 Å². The third-order valence-corrected chi connectivity index (χ3v) is 4.86. The summed E-state index contributed by atoms with van der Waals surface area (Å²) >= 11 is 0. The van der Waals surface area contributed by atoms with E-state index in [0.29, 0.717) is 12.1 Å². The van der Waals surface area contributed by atoms with Gasteiger partial charge in [-0.3, -0.25) is 0 Å². The van der Waals surface area contributed by atoms with Gasteiger partial charge in [0.1, 0.15) is 5.82 Å². The third kappa shape index (κ3) is 3.37. The molecule has 0 bridgehead atoms. The number of anilines is 1. The number of pyridine rings is 1. The highest BCUT2D eigenvalue weighted by Crippen LogP contribution is 2.56. The number of guanidine groups is 1. The lowest BCUT2D eigenvalue weighted by Gasteiger charge is -2.52. The number of halogens is 1. The van der Waals surface area contributed by atoms with Crippen LogP contribution in [0.5, 0.6) is 0 Å². The molecule has 3 rings (SSSR count). The van der Waals surface area contributed by atoms with E-state index in [0.717, 1.165) is 18.8 Å². The summed E-state index contributed by atoms with van der Waals surface area (Å²) in [5, 5.41) is 3.07. The zero-order valence-corrected chi connectivity index (χ0v) is 15.3. The molecule has 2 aliphatic rings. The molecule has 22 heavy (non-hydrogen) atoms. The highest BCUT2D eigenvalue weighted by atomic mass is 127. The van der Waals surface area contributed by atoms with Crippen LogP contribution in [-0.2, 0) is 4.74 Å². The largest absolute Gasteiger partial charge is 0.378 e. The molecule has 2 fully saturated rings.